The van der Waals surface area contributed by atoms with E-state index in [0.29, 0.717) is 28.1 Å². The molecule has 1 aromatic carbocycles. The summed E-state index contributed by atoms with van der Waals surface area (Å²) in [5, 5.41) is 4.62. The van der Waals surface area contributed by atoms with Crippen LogP contribution in [0.3, 0.4) is 0 Å². The Bertz CT molecular complexity index is 915. The fourth-order valence-electron chi connectivity index (χ4n) is 2.69. The van der Waals surface area contributed by atoms with E-state index in [4.69, 9.17) is 9.26 Å². The number of hydrogen-bond donors (Lipinski definition) is 0. The fourth-order valence-corrected chi connectivity index (χ4v) is 2.69. The Balaban J connectivity index is 1.98. The minimum atomic E-state index is -0.514. The number of benzene rings is 1. The first-order chi connectivity index (χ1) is 11.2. The van der Waals surface area contributed by atoms with Gasteiger partial charge in [-0.25, -0.2) is 14.2 Å². The molecule has 0 radical (unpaired) electrons. The zero-order chi connectivity index (χ0) is 16.0. The van der Waals surface area contributed by atoms with Gasteiger partial charge in [-0.1, -0.05) is 17.3 Å². The molecule has 0 N–H and O–H groups in total. The fraction of sp³-hybridized carbons (Fsp3) is 0.235. The number of pyridine rings is 1. The second-order valence-corrected chi connectivity index (χ2v) is 5.55. The molecule has 1 saturated carbocycles. The lowest BCUT2D eigenvalue weighted by Crippen LogP contribution is -2.04. The molecule has 0 spiro atoms. The van der Waals surface area contributed by atoms with Crippen molar-refractivity contribution in [1.29, 1.82) is 0 Å². The van der Waals surface area contributed by atoms with Gasteiger partial charge in [0.25, 0.3) is 5.71 Å². The van der Waals surface area contributed by atoms with Gasteiger partial charge in [-0.2, -0.15) is 0 Å². The van der Waals surface area contributed by atoms with Gasteiger partial charge in [0.05, 0.1) is 29.4 Å². The summed E-state index contributed by atoms with van der Waals surface area (Å²) in [5.41, 5.74) is 1.87. The first-order valence-electron chi connectivity index (χ1n) is 7.32. The van der Waals surface area contributed by atoms with E-state index in [2.05, 4.69) is 10.1 Å². The molecule has 2 heterocycles. The summed E-state index contributed by atoms with van der Waals surface area (Å²) in [4.78, 5) is 16.5. The number of ether oxygens (including phenoxy) is 1. The Kier molecular flexibility index (Phi) is 3.11. The van der Waals surface area contributed by atoms with Crippen LogP contribution >= 0.6 is 0 Å². The van der Waals surface area contributed by atoms with Crippen molar-refractivity contribution in [2.24, 2.45) is 0 Å². The summed E-state index contributed by atoms with van der Waals surface area (Å²) in [6, 6.07) is 7.78. The molecule has 3 aromatic rings. The third-order valence-corrected chi connectivity index (χ3v) is 3.99. The van der Waals surface area contributed by atoms with Crippen LogP contribution in [0, 0.1) is 5.82 Å². The molecule has 0 unspecified atom stereocenters. The number of carbonyl (C=O) groups is 1. The molecule has 2 aromatic heterocycles. The van der Waals surface area contributed by atoms with Crippen molar-refractivity contribution in [3.63, 3.8) is 0 Å². The molecular weight excluding hydrogens is 299 g/mol. The number of rotatable bonds is 3. The first kappa shape index (κ1) is 13.9. The van der Waals surface area contributed by atoms with Crippen molar-refractivity contribution in [3.05, 3.63) is 47.4 Å². The topological polar surface area (TPSA) is 65.2 Å². The highest BCUT2D eigenvalue weighted by atomic mass is 19.1. The summed E-state index contributed by atoms with van der Waals surface area (Å²) >= 11 is 0. The van der Waals surface area contributed by atoms with Crippen LogP contribution in [0.5, 0.6) is 0 Å². The third-order valence-electron chi connectivity index (χ3n) is 3.99. The lowest BCUT2D eigenvalue weighted by Gasteiger charge is -2.06. The molecule has 4 rings (SSSR count). The molecule has 1 aliphatic carbocycles. The van der Waals surface area contributed by atoms with Gasteiger partial charge >= 0.3 is 5.97 Å². The summed E-state index contributed by atoms with van der Waals surface area (Å²) in [7, 11) is 1.31. The number of nitrogens with zero attached hydrogens (tertiary/aromatic N) is 2. The van der Waals surface area contributed by atoms with Crippen LogP contribution in [0.1, 0.15) is 34.8 Å². The van der Waals surface area contributed by atoms with Gasteiger partial charge in [0.2, 0.25) is 0 Å². The molecule has 0 saturated heterocycles. The predicted molar refractivity (Wildman–Crippen MR) is 80.5 cm³/mol. The van der Waals surface area contributed by atoms with Crippen LogP contribution in [0.4, 0.5) is 4.39 Å². The first-order valence-corrected chi connectivity index (χ1v) is 7.32. The van der Waals surface area contributed by atoms with E-state index in [-0.39, 0.29) is 5.71 Å². The van der Waals surface area contributed by atoms with E-state index in [1.165, 1.54) is 19.2 Å². The largest absolute Gasteiger partial charge is 0.465 e. The maximum atomic E-state index is 14.0. The Morgan fingerprint density at radius 2 is 2.13 bits per heavy atom. The second-order valence-electron chi connectivity index (χ2n) is 5.55. The molecule has 0 bridgehead atoms. The highest BCUT2D eigenvalue weighted by molar-refractivity contribution is 6.04. The average molecular weight is 312 g/mol. The second kappa shape index (κ2) is 5.15. The Hall–Kier alpha value is -2.76. The molecule has 5 nitrogen and oxygen atoms in total. The number of methoxy groups -OCH3 is 1. The molecule has 1 aliphatic rings. The minimum absolute atomic E-state index is 0.230. The van der Waals surface area contributed by atoms with Crippen LogP contribution < -0.4 is 0 Å². The van der Waals surface area contributed by atoms with Gasteiger partial charge in [-0.05, 0) is 31.0 Å². The van der Waals surface area contributed by atoms with Crippen molar-refractivity contribution in [2.45, 2.75) is 18.8 Å². The Morgan fingerprint density at radius 1 is 1.35 bits per heavy atom. The highest BCUT2D eigenvalue weighted by Gasteiger charge is 2.32. The van der Waals surface area contributed by atoms with Crippen LogP contribution in [-0.2, 0) is 4.74 Å². The van der Waals surface area contributed by atoms with E-state index in [0.717, 1.165) is 18.5 Å². The third kappa shape index (κ3) is 2.27. The molecule has 23 heavy (non-hydrogen) atoms. The molecule has 6 heteroatoms. The van der Waals surface area contributed by atoms with Crippen molar-refractivity contribution >= 4 is 17.1 Å². The Morgan fingerprint density at radius 3 is 2.83 bits per heavy atom. The number of fused-ring (bicyclic) bond motifs is 1. The normalized spacial score (nSPS) is 14.2. The van der Waals surface area contributed by atoms with E-state index in [1.807, 2.05) is 0 Å². The van der Waals surface area contributed by atoms with Gasteiger partial charge < -0.3 is 9.26 Å². The summed E-state index contributed by atoms with van der Waals surface area (Å²) in [6.45, 7) is 0. The van der Waals surface area contributed by atoms with Crippen LogP contribution in [-0.4, -0.2) is 23.2 Å². The van der Waals surface area contributed by atoms with Crippen molar-refractivity contribution < 1.29 is 18.4 Å². The summed E-state index contributed by atoms with van der Waals surface area (Å²) in [5.74, 6) is -0.641. The van der Waals surface area contributed by atoms with Crippen molar-refractivity contribution in [1.82, 2.24) is 10.1 Å². The van der Waals surface area contributed by atoms with Crippen LogP contribution in [0.15, 0.2) is 34.9 Å². The lowest BCUT2D eigenvalue weighted by molar-refractivity contribution is 0.0603. The quantitative estimate of drug-likeness (QED) is 0.690. The van der Waals surface area contributed by atoms with Crippen molar-refractivity contribution in [2.75, 3.05) is 7.11 Å². The van der Waals surface area contributed by atoms with Crippen LogP contribution in [0.25, 0.3) is 22.4 Å². The van der Waals surface area contributed by atoms with E-state index >= 15 is 0 Å². The SMILES string of the molecule is COC(=O)c1cc(-c2ccccc2F)nc2onc(C3CC3)c12. The smallest absolute Gasteiger partial charge is 0.338 e. The molecule has 116 valence electrons. The zero-order valence-electron chi connectivity index (χ0n) is 12.4. The zero-order valence-corrected chi connectivity index (χ0v) is 12.4. The lowest BCUT2D eigenvalue weighted by atomic mass is 10.0. The predicted octanol–water partition coefficient (Wildman–Crippen LogP) is 3.69. The van der Waals surface area contributed by atoms with Gasteiger partial charge in [0.1, 0.15) is 5.82 Å². The minimum Gasteiger partial charge on any atom is -0.465 e. The average Bonchev–Trinajstić information content (AvgIpc) is 3.33. The number of esters is 1. The summed E-state index contributed by atoms with van der Waals surface area (Å²) < 4.78 is 24.2. The standard InChI is InChI=1S/C17H13FN2O3/c1-22-17(21)11-8-13(10-4-2-3-5-12(10)18)19-16-14(11)15(20-23-16)9-6-7-9/h2-5,8-9H,6-7H2,1H3. The number of hydrogen-bond acceptors (Lipinski definition) is 5. The Labute approximate surface area is 131 Å². The maximum absolute atomic E-state index is 14.0. The number of carbonyl (C=O) groups excluding carboxylic acids is 1. The van der Waals surface area contributed by atoms with E-state index < -0.39 is 11.8 Å². The molecule has 1 fully saturated rings. The van der Waals surface area contributed by atoms with E-state index in [1.54, 1.807) is 18.2 Å². The number of aromatic nitrogens is 2. The van der Waals surface area contributed by atoms with Gasteiger partial charge in [0.15, 0.2) is 0 Å². The molecule has 0 atom stereocenters. The van der Waals surface area contributed by atoms with Gasteiger partial charge in [-0.3, -0.25) is 0 Å². The van der Waals surface area contributed by atoms with Gasteiger partial charge in [-0.15, -0.1) is 0 Å². The maximum Gasteiger partial charge on any atom is 0.338 e. The molecule has 0 amide bonds. The van der Waals surface area contributed by atoms with Gasteiger partial charge in [0, 0.05) is 11.5 Å². The van der Waals surface area contributed by atoms with E-state index in [9.17, 15) is 9.18 Å². The molecular formula is C17H13FN2O3. The molecule has 0 aliphatic heterocycles. The van der Waals surface area contributed by atoms with Crippen LogP contribution in [0.2, 0.25) is 0 Å². The summed E-state index contributed by atoms with van der Waals surface area (Å²) in [6.07, 6.45) is 2.02. The highest BCUT2D eigenvalue weighted by Crippen LogP contribution is 2.43. The number of halogens is 1. The van der Waals surface area contributed by atoms with Crippen molar-refractivity contribution in [3.8, 4) is 11.3 Å². The monoisotopic (exact) mass is 312 g/mol.